The smallest absolute Gasteiger partial charge is 0.264 e. The summed E-state index contributed by atoms with van der Waals surface area (Å²) >= 11 is 0. The fourth-order valence-corrected chi connectivity index (χ4v) is 2.80. The maximum atomic E-state index is 11.8. The van der Waals surface area contributed by atoms with Crippen LogP contribution in [0.2, 0.25) is 0 Å². The van der Waals surface area contributed by atoms with Gasteiger partial charge in [0.05, 0.1) is 4.90 Å². The molecule has 2 amide bonds. The minimum atomic E-state index is -3.86. The lowest BCUT2D eigenvalue weighted by atomic mass is 10.2. The van der Waals surface area contributed by atoms with Crippen LogP contribution in [0.3, 0.4) is 0 Å². The number of benzene rings is 1. The number of nitrogens with one attached hydrogen (secondary N) is 1. The van der Waals surface area contributed by atoms with Crippen LogP contribution < -0.4 is 10.5 Å². The molecule has 1 aromatic heterocycles. The van der Waals surface area contributed by atoms with Gasteiger partial charge in [-0.25, -0.2) is 13.1 Å². The zero-order valence-corrected chi connectivity index (χ0v) is 13.0. The predicted octanol–water partition coefficient (Wildman–Crippen LogP) is 1.27. The fraction of sp³-hybridized carbons (Fsp3) is 0.0667. The molecule has 1 aromatic carbocycles. The minimum absolute atomic E-state index is 0.0307. The van der Waals surface area contributed by atoms with E-state index in [1.165, 1.54) is 24.3 Å². The van der Waals surface area contributed by atoms with Gasteiger partial charge in [-0.15, -0.1) is 0 Å². The molecule has 0 aliphatic rings. The number of hydrogen-bond donors (Lipinski definition) is 2. The Labute approximate surface area is 132 Å². The molecular weight excluding hydrogens is 320 g/mol. The lowest BCUT2D eigenvalue weighted by molar-refractivity contribution is -0.117. The second-order valence-electron chi connectivity index (χ2n) is 4.62. The van der Waals surface area contributed by atoms with Gasteiger partial charge < -0.3 is 10.2 Å². The second-order valence-corrected chi connectivity index (χ2v) is 6.31. The van der Waals surface area contributed by atoms with Gasteiger partial charge in [-0.2, -0.15) is 0 Å². The molecule has 0 aliphatic heterocycles. The van der Waals surface area contributed by atoms with Crippen molar-refractivity contribution in [1.29, 1.82) is 0 Å². The number of sulfonamides is 1. The van der Waals surface area contributed by atoms with Crippen molar-refractivity contribution in [2.24, 2.45) is 5.73 Å². The fourth-order valence-electron chi connectivity index (χ4n) is 1.81. The van der Waals surface area contributed by atoms with Crippen molar-refractivity contribution in [3.05, 3.63) is 48.2 Å². The molecule has 0 saturated carbocycles. The topological polar surface area (TPSA) is 119 Å². The number of hydrogen-bond acceptors (Lipinski definition) is 5. The van der Waals surface area contributed by atoms with Gasteiger partial charge in [0.25, 0.3) is 10.0 Å². The average Bonchev–Trinajstić information content (AvgIpc) is 2.93. The van der Waals surface area contributed by atoms with E-state index >= 15 is 0 Å². The standard InChI is InChI=1S/C15H14N2O5S/c1-10(18)17-23(20,21)13-6-2-11(3-7-13)14-8-4-12(22-14)5-9-15(16)19/h2-9H,1H3,(H2,16,19)(H,17,18)/b9-5+. The van der Waals surface area contributed by atoms with Crippen LogP contribution in [0, 0.1) is 0 Å². The van der Waals surface area contributed by atoms with E-state index in [0.717, 1.165) is 6.92 Å². The van der Waals surface area contributed by atoms with E-state index in [2.05, 4.69) is 0 Å². The molecule has 0 saturated heterocycles. The highest BCUT2D eigenvalue weighted by Gasteiger charge is 2.15. The normalized spacial score (nSPS) is 11.5. The summed E-state index contributed by atoms with van der Waals surface area (Å²) in [7, 11) is -3.86. The summed E-state index contributed by atoms with van der Waals surface area (Å²) in [5, 5.41) is 0. The van der Waals surface area contributed by atoms with Crippen molar-refractivity contribution in [3.8, 4) is 11.3 Å². The van der Waals surface area contributed by atoms with Crippen molar-refractivity contribution < 1.29 is 22.4 Å². The molecule has 0 unspecified atom stereocenters. The molecule has 0 aliphatic carbocycles. The molecule has 1 heterocycles. The summed E-state index contributed by atoms with van der Waals surface area (Å²) < 4.78 is 31.0. The largest absolute Gasteiger partial charge is 0.457 e. The van der Waals surface area contributed by atoms with Gasteiger partial charge >= 0.3 is 0 Å². The Bertz CT molecular complexity index is 864. The Kier molecular flexibility index (Phi) is 4.65. The highest BCUT2D eigenvalue weighted by molar-refractivity contribution is 7.90. The van der Waals surface area contributed by atoms with Gasteiger partial charge in [-0.3, -0.25) is 9.59 Å². The number of rotatable bonds is 5. The molecule has 23 heavy (non-hydrogen) atoms. The van der Waals surface area contributed by atoms with Crippen molar-refractivity contribution in [2.75, 3.05) is 0 Å². The highest BCUT2D eigenvalue weighted by atomic mass is 32.2. The second kappa shape index (κ2) is 6.49. The first-order chi connectivity index (χ1) is 10.8. The third-order valence-corrected chi connectivity index (χ3v) is 4.21. The van der Waals surface area contributed by atoms with Crippen LogP contribution in [0.1, 0.15) is 12.7 Å². The number of primary amides is 1. The van der Waals surface area contributed by atoms with Crippen molar-refractivity contribution >= 4 is 27.9 Å². The van der Waals surface area contributed by atoms with E-state index < -0.39 is 21.8 Å². The maximum Gasteiger partial charge on any atom is 0.264 e. The molecule has 0 spiro atoms. The number of amides is 2. The summed E-state index contributed by atoms with van der Waals surface area (Å²) in [6.07, 6.45) is 2.60. The van der Waals surface area contributed by atoms with Gasteiger partial charge in [-0.05, 0) is 42.5 Å². The first-order valence-electron chi connectivity index (χ1n) is 6.49. The van der Waals surface area contributed by atoms with Crippen molar-refractivity contribution in [1.82, 2.24) is 4.72 Å². The summed E-state index contributed by atoms with van der Waals surface area (Å²) in [5.74, 6) is -0.312. The van der Waals surface area contributed by atoms with Crippen LogP contribution in [-0.4, -0.2) is 20.2 Å². The first-order valence-corrected chi connectivity index (χ1v) is 7.97. The van der Waals surface area contributed by atoms with E-state index in [4.69, 9.17) is 10.2 Å². The molecule has 2 aromatic rings. The number of nitrogens with two attached hydrogens (primary N) is 1. The molecule has 0 bridgehead atoms. The summed E-state index contributed by atoms with van der Waals surface area (Å²) in [6, 6.07) is 9.16. The lowest BCUT2D eigenvalue weighted by Gasteiger charge is -2.05. The molecule has 0 fully saturated rings. The van der Waals surface area contributed by atoms with Crippen LogP contribution in [0.25, 0.3) is 17.4 Å². The third-order valence-electron chi connectivity index (χ3n) is 2.77. The predicted molar refractivity (Wildman–Crippen MR) is 83.4 cm³/mol. The molecule has 3 N–H and O–H groups in total. The van der Waals surface area contributed by atoms with E-state index in [1.807, 2.05) is 4.72 Å². The van der Waals surface area contributed by atoms with Gasteiger partial charge in [-0.1, -0.05) is 0 Å². The molecule has 7 nitrogen and oxygen atoms in total. The molecule has 0 atom stereocenters. The van der Waals surface area contributed by atoms with E-state index in [9.17, 15) is 18.0 Å². The number of carbonyl (C=O) groups is 2. The zero-order chi connectivity index (χ0) is 17.0. The quantitative estimate of drug-likeness (QED) is 0.798. The monoisotopic (exact) mass is 334 g/mol. The van der Waals surface area contributed by atoms with Gasteiger partial charge in [0, 0.05) is 18.6 Å². The summed E-state index contributed by atoms with van der Waals surface area (Å²) in [4.78, 5) is 21.5. The van der Waals surface area contributed by atoms with E-state index in [1.54, 1.807) is 24.3 Å². The minimum Gasteiger partial charge on any atom is -0.457 e. The van der Waals surface area contributed by atoms with Crippen LogP contribution in [0.5, 0.6) is 0 Å². The average molecular weight is 334 g/mol. The van der Waals surface area contributed by atoms with Gasteiger partial charge in [0.2, 0.25) is 11.8 Å². The van der Waals surface area contributed by atoms with Crippen LogP contribution in [-0.2, 0) is 19.6 Å². The Morgan fingerprint density at radius 3 is 2.35 bits per heavy atom. The molecular formula is C15H14N2O5S. The maximum absolute atomic E-state index is 11.8. The summed E-state index contributed by atoms with van der Waals surface area (Å²) in [6.45, 7) is 1.12. The van der Waals surface area contributed by atoms with Gasteiger partial charge in [0.15, 0.2) is 0 Å². The van der Waals surface area contributed by atoms with Crippen LogP contribution in [0.4, 0.5) is 0 Å². The Morgan fingerprint density at radius 2 is 1.78 bits per heavy atom. The first kappa shape index (κ1) is 16.5. The van der Waals surface area contributed by atoms with Crippen molar-refractivity contribution in [3.63, 3.8) is 0 Å². The molecule has 120 valence electrons. The van der Waals surface area contributed by atoms with Crippen LogP contribution in [0.15, 0.2) is 51.8 Å². The third kappa shape index (κ3) is 4.30. The number of carbonyl (C=O) groups excluding carboxylic acids is 2. The van der Waals surface area contributed by atoms with Crippen LogP contribution >= 0.6 is 0 Å². The van der Waals surface area contributed by atoms with E-state index in [-0.39, 0.29) is 4.90 Å². The SMILES string of the molecule is CC(=O)NS(=O)(=O)c1ccc(-c2ccc(/C=C/C(N)=O)o2)cc1. The molecule has 2 rings (SSSR count). The van der Waals surface area contributed by atoms with Gasteiger partial charge in [0.1, 0.15) is 11.5 Å². The summed E-state index contributed by atoms with van der Waals surface area (Å²) in [5.41, 5.74) is 5.64. The van der Waals surface area contributed by atoms with Crippen molar-refractivity contribution in [2.45, 2.75) is 11.8 Å². The molecule has 8 heteroatoms. The Balaban J connectivity index is 2.23. The lowest BCUT2D eigenvalue weighted by Crippen LogP contribution is -2.28. The molecule has 0 radical (unpaired) electrons. The Hall–Kier alpha value is -2.87. The Morgan fingerprint density at radius 1 is 1.13 bits per heavy atom. The highest BCUT2D eigenvalue weighted by Crippen LogP contribution is 2.24. The van der Waals surface area contributed by atoms with E-state index in [0.29, 0.717) is 17.1 Å². The zero-order valence-electron chi connectivity index (χ0n) is 12.1. The number of furan rings is 1.